The largest absolute Gasteiger partial charge is 0.384 e. The monoisotopic (exact) mass is 243 g/mol. The predicted molar refractivity (Wildman–Crippen MR) is 63.8 cm³/mol. The molecule has 96 valence electrons. The van der Waals surface area contributed by atoms with Crippen LogP contribution in [0.4, 0.5) is 8.78 Å². The Labute approximate surface area is 101 Å². The lowest BCUT2D eigenvalue weighted by molar-refractivity contribution is 0.149. The van der Waals surface area contributed by atoms with E-state index in [1.54, 1.807) is 14.2 Å². The van der Waals surface area contributed by atoms with Gasteiger partial charge in [0.25, 0.3) is 0 Å². The van der Waals surface area contributed by atoms with Crippen molar-refractivity contribution in [3.8, 4) is 0 Å². The number of benzene rings is 1. The molecule has 0 radical (unpaired) electrons. The molecule has 0 amide bonds. The van der Waals surface area contributed by atoms with Crippen molar-refractivity contribution in [3.05, 3.63) is 35.4 Å². The Morgan fingerprint density at radius 2 is 2.06 bits per heavy atom. The third-order valence-electron chi connectivity index (χ3n) is 2.77. The number of methoxy groups -OCH3 is 1. The summed E-state index contributed by atoms with van der Waals surface area (Å²) in [5, 5.41) is 3.01. The highest BCUT2D eigenvalue weighted by molar-refractivity contribution is 5.22. The maximum Gasteiger partial charge on any atom is 0.128 e. The zero-order valence-electron chi connectivity index (χ0n) is 10.5. The van der Waals surface area contributed by atoms with E-state index in [2.05, 4.69) is 5.32 Å². The maximum absolute atomic E-state index is 13.6. The van der Waals surface area contributed by atoms with Gasteiger partial charge in [-0.2, -0.15) is 0 Å². The molecule has 0 aliphatic heterocycles. The average Bonchev–Trinajstić information content (AvgIpc) is 2.30. The Morgan fingerprint density at radius 1 is 1.35 bits per heavy atom. The second-order valence-electron chi connectivity index (χ2n) is 4.30. The molecule has 0 aromatic heterocycles. The summed E-state index contributed by atoms with van der Waals surface area (Å²) in [4.78, 5) is 0. The van der Waals surface area contributed by atoms with Crippen LogP contribution < -0.4 is 5.32 Å². The van der Waals surface area contributed by atoms with Gasteiger partial charge in [0, 0.05) is 25.3 Å². The first kappa shape index (κ1) is 14.1. The Bertz CT molecular complexity index is 357. The molecule has 0 heterocycles. The highest BCUT2D eigenvalue weighted by Crippen LogP contribution is 2.24. The van der Waals surface area contributed by atoms with Gasteiger partial charge < -0.3 is 10.1 Å². The van der Waals surface area contributed by atoms with Crippen LogP contribution in [0.1, 0.15) is 24.9 Å². The summed E-state index contributed by atoms with van der Waals surface area (Å²) in [7, 11) is 3.38. The first-order valence-electron chi connectivity index (χ1n) is 5.69. The molecule has 0 spiro atoms. The molecule has 0 saturated heterocycles. The Kier molecular flexibility index (Phi) is 5.51. The minimum Gasteiger partial charge on any atom is -0.384 e. The number of ether oxygens (including phenoxy) is 1. The lowest BCUT2D eigenvalue weighted by Gasteiger charge is -2.21. The van der Waals surface area contributed by atoms with Crippen LogP contribution in [-0.4, -0.2) is 20.8 Å². The van der Waals surface area contributed by atoms with Gasteiger partial charge in [-0.15, -0.1) is 0 Å². The van der Waals surface area contributed by atoms with E-state index in [0.717, 1.165) is 12.1 Å². The van der Waals surface area contributed by atoms with Crippen LogP contribution in [0.5, 0.6) is 0 Å². The van der Waals surface area contributed by atoms with E-state index in [0.29, 0.717) is 18.6 Å². The van der Waals surface area contributed by atoms with Crippen LogP contribution in [0.25, 0.3) is 0 Å². The molecule has 1 rings (SSSR count). The van der Waals surface area contributed by atoms with E-state index in [1.807, 2.05) is 6.92 Å². The summed E-state index contributed by atoms with van der Waals surface area (Å²) in [6.07, 6.45) is 0.699. The van der Waals surface area contributed by atoms with Crippen molar-refractivity contribution >= 4 is 0 Å². The van der Waals surface area contributed by atoms with Crippen LogP contribution in [0, 0.1) is 17.6 Å². The number of hydrogen-bond donors (Lipinski definition) is 1. The van der Waals surface area contributed by atoms with Crippen molar-refractivity contribution in [1.82, 2.24) is 5.32 Å². The maximum atomic E-state index is 13.6. The molecule has 2 nitrogen and oxygen atoms in total. The van der Waals surface area contributed by atoms with Crippen molar-refractivity contribution in [2.75, 3.05) is 20.8 Å². The Hall–Kier alpha value is -1.00. The molecule has 0 aliphatic carbocycles. The van der Waals surface area contributed by atoms with Crippen LogP contribution >= 0.6 is 0 Å². The first-order valence-corrected chi connectivity index (χ1v) is 5.69. The minimum atomic E-state index is -0.416. The number of hydrogen-bond acceptors (Lipinski definition) is 2. The molecule has 0 aliphatic rings. The molecule has 4 heteroatoms. The summed E-state index contributed by atoms with van der Waals surface area (Å²) in [6.45, 7) is 2.63. The molecule has 2 atom stereocenters. The zero-order chi connectivity index (χ0) is 12.8. The quantitative estimate of drug-likeness (QED) is 0.829. The molecule has 0 fully saturated rings. The predicted octanol–water partition coefficient (Wildman–Crippen LogP) is 2.90. The molecular weight excluding hydrogens is 224 g/mol. The normalized spacial score (nSPS) is 14.6. The van der Waals surface area contributed by atoms with Gasteiger partial charge in [-0.25, -0.2) is 8.78 Å². The SMILES string of the molecule is CNC(CC(C)COC)c1cc(F)ccc1F. The molecule has 1 aromatic rings. The fraction of sp³-hybridized carbons (Fsp3) is 0.538. The van der Waals surface area contributed by atoms with Crippen molar-refractivity contribution in [2.45, 2.75) is 19.4 Å². The first-order chi connectivity index (χ1) is 8.08. The van der Waals surface area contributed by atoms with E-state index in [4.69, 9.17) is 4.74 Å². The van der Waals surface area contributed by atoms with Crippen molar-refractivity contribution in [1.29, 1.82) is 0 Å². The summed E-state index contributed by atoms with van der Waals surface area (Å²) in [5.74, 6) is -0.517. The summed E-state index contributed by atoms with van der Waals surface area (Å²) < 4.78 is 31.8. The number of nitrogens with one attached hydrogen (secondary N) is 1. The summed E-state index contributed by atoms with van der Waals surface area (Å²) in [6, 6.07) is 3.34. The molecule has 1 N–H and O–H groups in total. The van der Waals surface area contributed by atoms with Crippen molar-refractivity contribution in [3.63, 3.8) is 0 Å². The lowest BCUT2D eigenvalue weighted by Crippen LogP contribution is -2.22. The van der Waals surface area contributed by atoms with Gasteiger partial charge in [-0.05, 0) is 37.6 Å². The van der Waals surface area contributed by atoms with Gasteiger partial charge in [0.15, 0.2) is 0 Å². The number of rotatable bonds is 6. The van der Waals surface area contributed by atoms with Gasteiger partial charge in [-0.1, -0.05) is 6.92 Å². The van der Waals surface area contributed by atoms with Gasteiger partial charge in [0.1, 0.15) is 11.6 Å². The van der Waals surface area contributed by atoms with Crippen molar-refractivity contribution in [2.24, 2.45) is 5.92 Å². The molecule has 2 unspecified atom stereocenters. The van der Waals surface area contributed by atoms with Crippen LogP contribution in [-0.2, 0) is 4.74 Å². The molecule has 1 aromatic carbocycles. The average molecular weight is 243 g/mol. The minimum absolute atomic E-state index is 0.198. The van der Waals surface area contributed by atoms with Gasteiger partial charge >= 0.3 is 0 Å². The number of halogens is 2. The Morgan fingerprint density at radius 3 is 2.65 bits per heavy atom. The lowest BCUT2D eigenvalue weighted by atomic mass is 9.96. The molecule has 17 heavy (non-hydrogen) atoms. The summed E-state index contributed by atoms with van der Waals surface area (Å²) in [5.41, 5.74) is 0.371. The fourth-order valence-electron chi connectivity index (χ4n) is 1.94. The third-order valence-corrected chi connectivity index (χ3v) is 2.77. The van der Waals surface area contributed by atoms with E-state index in [9.17, 15) is 8.78 Å². The fourth-order valence-corrected chi connectivity index (χ4v) is 1.94. The van der Waals surface area contributed by atoms with Crippen molar-refractivity contribution < 1.29 is 13.5 Å². The van der Waals surface area contributed by atoms with E-state index in [-0.39, 0.29) is 17.8 Å². The summed E-state index contributed by atoms with van der Waals surface area (Å²) >= 11 is 0. The highest BCUT2D eigenvalue weighted by Gasteiger charge is 2.17. The third kappa shape index (κ3) is 4.06. The second-order valence-corrected chi connectivity index (χ2v) is 4.30. The Balaban J connectivity index is 2.82. The topological polar surface area (TPSA) is 21.3 Å². The second kappa shape index (κ2) is 6.67. The zero-order valence-corrected chi connectivity index (χ0v) is 10.5. The molecule has 0 bridgehead atoms. The van der Waals surface area contributed by atoms with E-state index >= 15 is 0 Å². The van der Waals surface area contributed by atoms with Gasteiger partial charge in [0.05, 0.1) is 0 Å². The highest BCUT2D eigenvalue weighted by atomic mass is 19.1. The van der Waals surface area contributed by atoms with E-state index in [1.165, 1.54) is 6.07 Å². The van der Waals surface area contributed by atoms with Crippen LogP contribution in [0.15, 0.2) is 18.2 Å². The smallest absolute Gasteiger partial charge is 0.128 e. The molecule has 0 saturated carbocycles. The van der Waals surface area contributed by atoms with Gasteiger partial charge in [-0.3, -0.25) is 0 Å². The van der Waals surface area contributed by atoms with Crippen LogP contribution in [0.3, 0.4) is 0 Å². The van der Waals surface area contributed by atoms with Crippen LogP contribution in [0.2, 0.25) is 0 Å². The standard InChI is InChI=1S/C13H19F2NO/c1-9(8-17-3)6-13(16-2)11-7-10(14)4-5-12(11)15/h4-5,7,9,13,16H,6,8H2,1-3H3. The van der Waals surface area contributed by atoms with E-state index < -0.39 is 5.82 Å². The molecular formula is C13H19F2NO. The van der Waals surface area contributed by atoms with Gasteiger partial charge in [0.2, 0.25) is 0 Å².